The van der Waals surface area contributed by atoms with Gasteiger partial charge in [0.1, 0.15) is 0 Å². The summed E-state index contributed by atoms with van der Waals surface area (Å²) in [5, 5.41) is 14.2. The highest BCUT2D eigenvalue weighted by Gasteiger charge is 2.31. The Morgan fingerprint density at radius 2 is 2.08 bits per heavy atom. The SMILES string of the molecule is C=C/C=C(/C=N)C(=O)NC1=NNC(C#CC2CC2C)S1.CC.CCC. The summed E-state index contributed by atoms with van der Waals surface area (Å²) >= 11 is 1.36. The van der Waals surface area contributed by atoms with Crippen molar-refractivity contribution < 1.29 is 4.79 Å². The van der Waals surface area contributed by atoms with Crippen LogP contribution < -0.4 is 10.7 Å². The molecular formula is C19H30N4OS. The molecule has 2 aliphatic rings. The molecule has 0 aromatic rings. The number of hydrogen-bond donors (Lipinski definition) is 3. The van der Waals surface area contributed by atoms with Gasteiger partial charge in [0, 0.05) is 12.1 Å². The summed E-state index contributed by atoms with van der Waals surface area (Å²) in [6.07, 6.45) is 6.34. The van der Waals surface area contributed by atoms with E-state index in [1.807, 2.05) is 13.8 Å². The Morgan fingerprint density at radius 1 is 1.48 bits per heavy atom. The Balaban J connectivity index is 0.00000104. The molecule has 0 aromatic heterocycles. The van der Waals surface area contributed by atoms with Crippen molar-refractivity contribution in [1.82, 2.24) is 10.7 Å². The van der Waals surface area contributed by atoms with Crippen LogP contribution in [0, 0.1) is 29.1 Å². The van der Waals surface area contributed by atoms with Crippen molar-refractivity contribution in [3.8, 4) is 11.8 Å². The van der Waals surface area contributed by atoms with Crippen LogP contribution in [0.25, 0.3) is 0 Å². The Labute approximate surface area is 156 Å². The maximum atomic E-state index is 11.8. The molecule has 1 saturated carbocycles. The van der Waals surface area contributed by atoms with Crippen LogP contribution in [0.1, 0.15) is 47.5 Å². The van der Waals surface area contributed by atoms with E-state index in [1.54, 1.807) is 0 Å². The zero-order chi connectivity index (χ0) is 19.2. The summed E-state index contributed by atoms with van der Waals surface area (Å²) in [4.78, 5) is 11.8. The highest BCUT2D eigenvalue weighted by Crippen LogP contribution is 2.36. The Kier molecular flexibility index (Phi) is 12.2. The van der Waals surface area contributed by atoms with Crippen LogP contribution >= 0.6 is 11.8 Å². The van der Waals surface area contributed by atoms with Crippen molar-refractivity contribution in [3.05, 3.63) is 24.3 Å². The lowest BCUT2D eigenvalue weighted by atomic mass is 10.2. The van der Waals surface area contributed by atoms with Gasteiger partial charge in [-0.2, -0.15) is 5.10 Å². The zero-order valence-electron chi connectivity index (χ0n) is 15.8. The van der Waals surface area contributed by atoms with Crippen molar-refractivity contribution in [3.63, 3.8) is 0 Å². The first kappa shape index (κ1) is 23.0. The fraction of sp³-hybridized carbons (Fsp3) is 0.526. The topological polar surface area (TPSA) is 77.3 Å². The number of hydrazone groups is 1. The van der Waals surface area contributed by atoms with Crippen molar-refractivity contribution in [2.75, 3.05) is 0 Å². The molecule has 1 fully saturated rings. The van der Waals surface area contributed by atoms with Gasteiger partial charge in [-0.05, 0) is 30.2 Å². The molecule has 1 aliphatic heterocycles. The third-order valence-electron chi connectivity index (χ3n) is 2.96. The Bertz CT molecular complexity index is 572. The number of amides is 1. The summed E-state index contributed by atoms with van der Waals surface area (Å²) in [5.41, 5.74) is 3.09. The third-order valence-corrected chi connectivity index (χ3v) is 3.83. The molecule has 138 valence electrons. The van der Waals surface area contributed by atoms with E-state index in [1.165, 1.54) is 36.8 Å². The van der Waals surface area contributed by atoms with E-state index in [2.05, 4.69) is 55.0 Å². The number of nitrogens with one attached hydrogen (secondary N) is 3. The normalized spacial score (nSPS) is 23.0. The van der Waals surface area contributed by atoms with E-state index in [0.29, 0.717) is 17.0 Å². The fourth-order valence-electron chi connectivity index (χ4n) is 1.59. The largest absolute Gasteiger partial charge is 0.308 e. The minimum atomic E-state index is -0.377. The van der Waals surface area contributed by atoms with Crippen molar-refractivity contribution >= 4 is 29.1 Å². The maximum Gasteiger partial charge on any atom is 0.258 e. The maximum absolute atomic E-state index is 11.8. The second-order valence-corrected chi connectivity index (χ2v) is 6.41. The molecule has 25 heavy (non-hydrogen) atoms. The van der Waals surface area contributed by atoms with Crippen LogP contribution in [-0.4, -0.2) is 22.7 Å². The van der Waals surface area contributed by atoms with Gasteiger partial charge in [-0.1, -0.05) is 65.5 Å². The number of nitrogens with zero attached hydrogens (tertiary/aromatic N) is 1. The molecule has 3 atom stereocenters. The molecule has 0 bridgehead atoms. The first-order chi connectivity index (χ1) is 12.0. The third kappa shape index (κ3) is 9.16. The number of carbonyl (C=O) groups excluding carboxylic acids is 1. The fourth-order valence-corrected chi connectivity index (χ4v) is 2.30. The molecule has 5 nitrogen and oxygen atoms in total. The van der Waals surface area contributed by atoms with Crippen LogP contribution in [0.2, 0.25) is 0 Å². The highest BCUT2D eigenvalue weighted by molar-refractivity contribution is 8.14. The number of hydrogen-bond acceptors (Lipinski definition) is 5. The smallest absolute Gasteiger partial charge is 0.258 e. The van der Waals surface area contributed by atoms with Gasteiger partial charge < -0.3 is 5.41 Å². The lowest BCUT2D eigenvalue weighted by Crippen LogP contribution is -2.29. The van der Waals surface area contributed by atoms with E-state index in [0.717, 1.165) is 6.21 Å². The number of carbonyl (C=O) groups is 1. The van der Waals surface area contributed by atoms with Crippen LogP contribution in [0.3, 0.4) is 0 Å². The Morgan fingerprint density at radius 3 is 2.56 bits per heavy atom. The van der Waals surface area contributed by atoms with Gasteiger partial charge >= 0.3 is 0 Å². The standard InChI is InChI=1S/C14H16N4OS.C3H8.C2H6/c1-3-4-11(8-15)13(19)16-14-18-17-12(20-14)6-5-10-7-9(10)2;1-3-2;1-2/h3-4,8-10,12,15,17H,1,7H2,2H3,(H,16,18,19);3H2,1-2H3;1-2H3/b11-4-,15-8?;;. The molecular weight excluding hydrogens is 332 g/mol. The van der Waals surface area contributed by atoms with Crippen LogP contribution in [0.4, 0.5) is 0 Å². The van der Waals surface area contributed by atoms with E-state index in [9.17, 15) is 4.79 Å². The molecule has 3 N–H and O–H groups in total. The minimum Gasteiger partial charge on any atom is -0.308 e. The van der Waals surface area contributed by atoms with Gasteiger partial charge in [-0.25, -0.2) is 0 Å². The Hall–Kier alpha value is -2.00. The molecule has 2 rings (SSSR count). The van der Waals surface area contributed by atoms with Crippen molar-refractivity contribution in [2.45, 2.75) is 52.8 Å². The predicted octanol–water partition coefficient (Wildman–Crippen LogP) is 3.90. The van der Waals surface area contributed by atoms with Gasteiger partial charge in [-0.15, -0.1) is 0 Å². The average Bonchev–Trinajstić information content (AvgIpc) is 3.13. The second-order valence-electron chi connectivity index (χ2n) is 5.32. The van der Waals surface area contributed by atoms with Gasteiger partial charge in [0.2, 0.25) is 0 Å². The first-order valence-corrected chi connectivity index (χ1v) is 9.59. The molecule has 3 unspecified atom stereocenters. The molecule has 0 radical (unpaired) electrons. The molecule has 0 saturated heterocycles. The van der Waals surface area contributed by atoms with E-state index in [4.69, 9.17) is 5.41 Å². The number of thioether (sulfide) groups is 1. The van der Waals surface area contributed by atoms with Crippen LogP contribution in [0.5, 0.6) is 0 Å². The second kappa shape index (κ2) is 13.3. The van der Waals surface area contributed by atoms with Gasteiger partial charge in [0.15, 0.2) is 10.5 Å². The number of amidine groups is 1. The summed E-state index contributed by atoms with van der Waals surface area (Å²) in [5.74, 6) is 7.14. The quantitative estimate of drug-likeness (QED) is 0.308. The molecule has 1 amide bonds. The molecule has 0 spiro atoms. The molecule has 1 aliphatic carbocycles. The monoisotopic (exact) mass is 362 g/mol. The first-order valence-electron chi connectivity index (χ1n) is 8.71. The zero-order valence-corrected chi connectivity index (χ0v) is 16.7. The minimum absolute atomic E-state index is 0.120. The van der Waals surface area contributed by atoms with Crippen LogP contribution in [-0.2, 0) is 4.79 Å². The highest BCUT2D eigenvalue weighted by atomic mass is 32.2. The summed E-state index contributed by atoms with van der Waals surface area (Å²) in [6, 6.07) is 0. The van der Waals surface area contributed by atoms with E-state index < -0.39 is 0 Å². The van der Waals surface area contributed by atoms with Crippen molar-refractivity contribution in [1.29, 1.82) is 5.41 Å². The van der Waals surface area contributed by atoms with Gasteiger partial charge in [-0.3, -0.25) is 15.5 Å². The summed E-state index contributed by atoms with van der Waals surface area (Å²) < 4.78 is 0. The van der Waals surface area contributed by atoms with E-state index >= 15 is 0 Å². The number of allylic oxidation sites excluding steroid dienone is 2. The van der Waals surface area contributed by atoms with Crippen molar-refractivity contribution in [2.24, 2.45) is 16.9 Å². The lowest BCUT2D eigenvalue weighted by Gasteiger charge is -2.03. The average molecular weight is 363 g/mol. The summed E-state index contributed by atoms with van der Waals surface area (Å²) in [6.45, 7) is 13.9. The predicted molar refractivity (Wildman–Crippen MR) is 110 cm³/mol. The molecule has 0 aromatic carbocycles. The molecule has 1 heterocycles. The van der Waals surface area contributed by atoms with E-state index in [-0.39, 0.29) is 16.9 Å². The lowest BCUT2D eigenvalue weighted by molar-refractivity contribution is -0.115. The molecule has 6 heteroatoms. The number of rotatable bonds is 3. The summed E-state index contributed by atoms with van der Waals surface area (Å²) in [7, 11) is 0. The van der Waals surface area contributed by atoms with Crippen LogP contribution in [0.15, 0.2) is 29.4 Å². The van der Waals surface area contributed by atoms with Gasteiger partial charge in [0.05, 0.1) is 5.57 Å². The van der Waals surface area contributed by atoms with Gasteiger partial charge in [0.25, 0.3) is 5.91 Å².